The number of nitrogens with zero attached hydrogens (tertiary/aromatic N) is 1. The highest BCUT2D eigenvalue weighted by Gasteiger charge is 2.48. The van der Waals surface area contributed by atoms with Gasteiger partial charge in [0.1, 0.15) is 11.1 Å². The highest BCUT2D eigenvalue weighted by atomic mass is 16.6. The molecule has 5 heteroatoms. The maximum Gasteiger partial charge on any atom is 0.411 e. The van der Waals surface area contributed by atoms with E-state index in [1.165, 1.54) is 11.8 Å². The molecule has 1 fully saturated rings. The van der Waals surface area contributed by atoms with Crippen LogP contribution in [0.1, 0.15) is 34.1 Å². The predicted octanol–water partition coefficient (Wildman–Crippen LogP) is 2.03. The van der Waals surface area contributed by atoms with Crippen LogP contribution in [0.3, 0.4) is 0 Å². The Bertz CT molecular complexity index is 369. The summed E-state index contributed by atoms with van der Waals surface area (Å²) in [5.74, 6) is -1.04. The van der Waals surface area contributed by atoms with Crippen LogP contribution in [-0.2, 0) is 9.53 Å². The van der Waals surface area contributed by atoms with E-state index >= 15 is 0 Å². The molecular formula is C12H19NO4. The van der Waals surface area contributed by atoms with E-state index in [1.54, 1.807) is 20.8 Å². The molecule has 1 amide bonds. The zero-order valence-electron chi connectivity index (χ0n) is 10.7. The third kappa shape index (κ3) is 2.78. The Hall–Kier alpha value is -1.52. The second-order valence-corrected chi connectivity index (χ2v) is 5.57. The number of carbonyl (C=O) groups excluding carboxylic acids is 1. The maximum absolute atomic E-state index is 11.9. The van der Waals surface area contributed by atoms with Gasteiger partial charge in [-0.25, -0.2) is 9.59 Å². The van der Waals surface area contributed by atoms with E-state index in [4.69, 9.17) is 4.74 Å². The van der Waals surface area contributed by atoms with E-state index in [2.05, 4.69) is 6.58 Å². The molecule has 0 aliphatic carbocycles. The molecule has 96 valence electrons. The second-order valence-electron chi connectivity index (χ2n) is 5.57. The molecular weight excluding hydrogens is 222 g/mol. The van der Waals surface area contributed by atoms with Gasteiger partial charge in [0.15, 0.2) is 0 Å². The SMILES string of the molecule is C=C1CN(C(=O)OC(C)(C)C)[C@](C)(C(=O)O)C1. The molecule has 5 nitrogen and oxygen atoms in total. The molecule has 0 radical (unpaired) electrons. The lowest BCUT2D eigenvalue weighted by Crippen LogP contribution is -2.52. The van der Waals surface area contributed by atoms with Crippen LogP contribution in [0, 0.1) is 0 Å². The lowest BCUT2D eigenvalue weighted by atomic mass is 9.98. The first kappa shape index (κ1) is 13.5. The Morgan fingerprint density at radius 3 is 2.41 bits per heavy atom. The molecule has 0 aromatic heterocycles. The predicted molar refractivity (Wildman–Crippen MR) is 62.7 cm³/mol. The van der Waals surface area contributed by atoms with Gasteiger partial charge in [-0.05, 0) is 27.7 Å². The van der Waals surface area contributed by atoms with Crippen LogP contribution in [0.25, 0.3) is 0 Å². The van der Waals surface area contributed by atoms with Gasteiger partial charge >= 0.3 is 12.1 Å². The van der Waals surface area contributed by atoms with Crippen molar-refractivity contribution in [2.45, 2.75) is 45.3 Å². The van der Waals surface area contributed by atoms with Crippen LogP contribution in [0.5, 0.6) is 0 Å². The van der Waals surface area contributed by atoms with E-state index in [0.29, 0.717) is 0 Å². The summed E-state index contributed by atoms with van der Waals surface area (Å²) in [4.78, 5) is 24.4. The average molecular weight is 241 g/mol. The Morgan fingerprint density at radius 1 is 1.47 bits per heavy atom. The number of aliphatic carboxylic acids is 1. The zero-order chi connectivity index (χ0) is 13.4. The molecule has 0 aromatic carbocycles. The van der Waals surface area contributed by atoms with Crippen LogP contribution in [0.2, 0.25) is 0 Å². The molecule has 0 aromatic rings. The Kier molecular flexibility index (Phi) is 3.23. The number of likely N-dealkylation sites (tertiary alicyclic amines) is 1. The lowest BCUT2D eigenvalue weighted by molar-refractivity contribution is -0.148. The number of hydrogen-bond donors (Lipinski definition) is 1. The molecule has 0 spiro atoms. The first-order valence-corrected chi connectivity index (χ1v) is 5.47. The third-order valence-electron chi connectivity index (χ3n) is 2.65. The first-order chi connectivity index (χ1) is 7.56. The summed E-state index contributed by atoms with van der Waals surface area (Å²) in [5, 5.41) is 9.22. The van der Waals surface area contributed by atoms with E-state index in [0.717, 1.165) is 5.57 Å². The number of rotatable bonds is 1. The molecule has 1 atom stereocenters. The highest BCUT2D eigenvalue weighted by molar-refractivity contribution is 5.85. The van der Waals surface area contributed by atoms with Crippen molar-refractivity contribution in [3.8, 4) is 0 Å². The van der Waals surface area contributed by atoms with Crippen molar-refractivity contribution in [2.75, 3.05) is 6.54 Å². The Labute approximate surface area is 101 Å². The molecule has 1 aliphatic rings. The Morgan fingerprint density at radius 2 is 2.00 bits per heavy atom. The van der Waals surface area contributed by atoms with Crippen molar-refractivity contribution in [3.05, 3.63) is 12.2 Å². The molecule has 1 aliphatic heterocycles. The van der Waals surface area contributed by atoms with E-state index in [9.17, 15) is 14.7 Å². The summed E-state index contributed by atoms with van der Waals surface area (Å²) in [6.07, 6.45) is -0.345. The molecule has 0 bridgehead atoms. The number of carboxylic acids is 1. The van der Waals surface area contributed by atoms with Crippen LogP contribution in [0.15, 0.2) is 12.2 Å². The number of hydrogen-bond acceptors (Lipinski definition) is 3. The van der Waals surface area contributed by atoms with Gasteiger partial charge in [-0.1, -0.05) is 12.2 Å². The summed E-state index contributed by atoms with van der Waals surface area (Å²) >= 11 is 0. The minimum absolute atomic E-state index is 0.234. The van der Waals surface area contributed by atoms with Gasteiger partial charge in [-0.2, -0.15) is 0 Å². The van der Waals surface area contributed by atoms with Gasteiger partial charge in [0.05, 0.1) is 0 Å². The van der Waals surface area contributed by atoms with Crippen molar-refractivity contribution in [1.82, 2.24) is 4.90 Å². The quantitative estimate of drug-likeness (QED) is 0.713. The van der Waals surface area contributed by atoms with E-state index in [-0.39, 0.29) is 13.0 Å². The van der Waals surface area contributed by atoms with Crippen molar-refractivity contribution in [3.63, 3.8) is 0 Å². The monoisotopic (exact) mass is 241 g/mol. The van der Waals surface area contributed by atoms with Crippen molar-refractivity contribution in [2.24, 2.45) is 0 Å². The fraction of sp³-hybridized carbons (Fsp3) is 0.667. The topological polar surface area (TPSA) is 66.8 Å². The summed E-state index contributed by atoms with van der Waals surface area (Å²) in [7, 11) is 0. The largest absolute Gasteiger partial charge is 0.479 e. The normalized spacial score (nSPS) is 24.9. The van der Waals surface area contributed by atoms with Crippen molar-refractivity contribution < 1.29 is 19.4 Å². The average Bonchev–Trinajstić information content (AvgIpc) is 2.40. The molecule has 1 heterocycles. The maximum atomic E-state index is 11.9. The lowest BCUT2D eigenvalue weighted by Gasteiger charge is -2.32. The van der Waals surface area contributed by atoms with E-state index < -0.39 is 23.2 Å². The van der Waals surface area contributed by atoms with Gasteiger partial charge in [-0.3, -0.25) is 4.90 Å². The molecule has 1 rings (SSSR count). The smallest absolute Gasteiger partial charge is 0.411 e. The fourth-order valence-corrected chi connectivity index (χ4v) is 1.81. The van der Waals surface area contributed by atoms with E-state index in [1.807, 2.05) is 0 Å². The summed E-state index contributed by atoms with van der Waals surface area (Å²) in [5.41, 5.74) is -1.17. The number of amides is 1. The molecule has 1 N–H and O–H groups in total. The number of ether oxygens (including phenoxy) is 1. The molecule has 17 heavy (non-hydrogen) atoms. The minimum atomic E-state index is -1.25. The van der Waals surface area contributed by atoms with Crippen LogP contribution < -0.4 is 0 Å². The summed E-state index contributed by atoms with van der Waals surface area (Å²) in [6.45, 7) is 10.7. The molecule has 0 unspecified atom stereocenters. The highest BCUT2D eigenvalue weighted by Crippen LogP contribution is 2.33. The Balaban J connectivity index is 2.92. The molecule has 1 saturated heterocycles. The second kappa shape index (κ2) is 4.05. The van der Waals surface area contributed by atoms with Crippen molar-refractivity contribution >= 4 is 12.1 Å². The third-order valence-corrected chi connectivity index (χ3v) is 2.65. The summed E-state index contributed by atoms with van der Waals surface area (Å²) in [6, 6.07) is 0. The standard InChI is InChI=1S/C12H19NO4/c1-8-6-12(5,9(14)15)13(7-8)10(16)17-11(2,3)4/h1,6-7H2,2-5H3,(H,14,15)/t12-/m0/s1. The van der Waals surface area contributed by atoms with Gasteiger partial charge in [0, 0.05) is 13.0 Å². The van der Waals surface area contributed by atoms with Crippen molar-refractivity contribution in [1.29, 1.82) is 0 Å². The number of carboxylic acid groups (broad SMARTS) is 1. The summed E-state index contributed by atoms with van der Waals surface area (Å²) < 4.78 is 5.20. The minimum Gasteiger partial charge on any atom is -0.479 e. The van der Waals surface area contributed by atoms with Gasteiger partial charge in [0.25, 0.3) is 0 Å². The van der Waals surface area contributed by atoms with Crippen LogP contribution in [-0.4, -0.2) is 39.8 Å². The number of carbonyl (C=O) groups is 2. The van der Waals surface area contributed by atoms with Crippen LogP contribution >= 0.6 is 0 Å². The fourth-order valence-electron chi connectivity index (χ4n) is 1.81. The van der Waals surface area contributed by atoms with Gasteiger partial charge in [0.2, 0.25) is 0 Å². The molecule has 0 saturated carbocycles. The van der Waals surface area contributed by atoms with Gasteiger partial charge in [-0.15, -0.1) is 0 Å². The van der Waals surface area contributed by atoms with Crippen LogP contribution in [0.4, 0.5) is 4.79 Å². The first-order valence-electron chi connectivity index (χ1n) is 5.47. The zero-order valence-corrected chi connectivity index (χ0v) is 10.7. The van der Waals surface area contributed by atoms with Gasteiger partial charge < -0.3 is 9.84 Å².